The summed E-state index contributed by atoms with van der Waals surface area (Å²) >= 11 is 0. The fourth-order valence-corrected chi connectivity index (χ4v) is 3.62. The number of benzene rings is 1. The largest absolute Gasteiger partial charge is 0.394 e. The van der Waals surface area contributed by atoms with E-state index in [0.29, 0.717) is 6.07 Å². The van der Waals surface area contributed by atoms with E-state index in [-0.39, 0.29) is 26.1 Å². The Labute approximate surface area is 115 Å². The SMILES string of the molecule is O=S(=O)(NC1(CO)CCOCC1)c1cc(F)ccc1F. The molecule has 1 heterocycles. The summed E-state index contributed by atoms with van der Waals surface area (Å²) in [5.74, 6) is -1.89. The number of hydrogen-bond acceptors (Lipinski definition) is 4. The van der Waals surface area contributed by atoms with Gasteiger partial charge in [0.2, 0.25) is 10.0 Å². The Morgan fingerprint density at radius 2 is 1.95 bits per heavy atom. The summed E-state index contributed by atoms with van der Waals surface area (Å²) in [5.41, 5.74) is -1.10. The first-order chi connectivity index (χ1) is 9.38. The Hall–Kier alpha value is -1.09. The van der Waals surface area contributed by atoms with Gasteiger partial charge in [-0.3, -0.25) is 0 Å². The number of sulfonamides is 1. The van der Waals surface area contributed by atoms with E-state index in [0.717, 1.165) is 12.1 Å². The monoisotopic (exact) mass is 307 g/mol. The molecule has 1 aromatic rings. The molecule has 1 aliphatic rings. The third-order valence-corrected chi connectivity index (χ3v) is 4.88. The van der Waals surface area contributed by atoms with Crippen LogP contribution in [-0.4, -0.2) is 38.9 Å². The average Bonchev–Trinajstić information content (AvgIpc) is 2.42. The molecule has 0 aliphatic carbocycles. The molecule has 5 nitrogen and oxygen atoms in total. The third kappa shape index (κ3) is 3.14. The van der Waals surface area contributed by atoms with E-state index in [2.05, 4.69) is 4.72 Å². The highest BCUT2D eigenvalue weighted by atomic mass is 32.2. The molecule has 1 aliphatic heterocycles. The Morgan fingerprint density at radius 3 is 2.55 bits per heavy atom. The van der Waals surface area contributed by atoms with Crippen LogP contribution in [0.3, 0.4) is 0 Å². The highest BCUT2D eigenvalue weighted by molar-refractivity contribution is 7.89. The maximum absolute atomic E-state index is 13.6. The zero-order valence-electron chi connectivity index (χ0n) is 10.6. The van der Waals surface area contributed by atoms with E-state index < -0.39 is 38.7 Å². The maximum Gasteiger partial charge on any atom is 0.244 e. The molecule has 1 fully saturated rings. The molecule has 0 unspecified atom stereocenters. The lowest BCUT2D eigenvalue weighted by atomic mass is 9.93. The normalized spacial score (nSPS) is 18.9. The van der Waals surface area contributed by atoms with Crippen molar-refractivity contribution in [2.75, 3.05) is 19.8 Å². The summed E-state index contributed by atoms with van der Waals surface area (Å²) in [6, 6.07) is 2.20. The van der Waals surface area contributed by atoms with Crippen LogP contribution in [0.5, 0.6) is 0 Å². The van der Waals surface area contributed by atoms with Crippen LogP contribution >= 0.6 is 0 Å². The summed E-state index contributed by atoms with van der Waals surface area (Å²) in [6.07, 6.45) is 0.527. The zero-order valence-corrected chi connectivity index (χ0v) is 11.4. The quantitative estimate of drug-likeness (QED) is 0.862. The Bertz CT molecular complexity index is 585. The number of ether oxygens (including phenoxy) is 1. The van der Waals surface area contributed by atoms with Crippen molar-refractivity contribution >= 4 is 10.0 Å². The van der Waals surface area contributed by atoms with Gasteiger partial charge in [0.05, 0.1) is 12.1 Å². The van der Waals surface area contributed by atoms with Crippen molar-refractivity contribution in [1.82, 2.24) is 4.72 Å². The highest BCUT2D eigenvalue weighted by Crippen LogP contribution is 2.24. The molecule has 0 bridgehead atoms. The Morgan fingerprint density at radius 1 is 1.30 bits per heavy atom. The molecule has 112 valence electrons. The molecular formula is C12H15F2NO4S. The van der Waals surface area contributed by atoms with Crippen LogP contribution in [0.2, 0.25) is 0 Å². The number of nitrogens with one attached hydrogen (secondary N) is 1. The van der Waals surface area contributed by atoms with Gasteiger partial charge < -0.3 is 9.84 Å². The molecule has 2 rings (SSSR count). The smallest absolute Gasteiger partial charge is 0.244 e. The van der Waals surface area contributed by atoms with Gasteiger partial charge >= 0.3 is 0 Å². The van der Waals surface area contributed by atoms with Gasteiger partial charge in [-0.05, 0) is 31.0 Å². The van der Waals surface area contributed by atoms with E-state index in [4.69, 9.17) is 4.74 Å². The minimum Gasteiger partial charge on any atom is -0.394 e. The molecule has 0 atom stereocenters. The highest BCUT2D eigenvalue weighted by Gasteiger charge is 2.37. The molecule has 0 radical (unpaired) electrons. The average molecular weight is 307 g/mol. The summed E-state index contributed by atoms with van der Waals surface area (Å²) < 4.78 is 58.4. The van der Waals surface area contributed by atoms with Crippen molar-refractivity contribution in [3.63, 3.8) is 0 Å². The second kappa shape index (κ2) is 5.72. The van der Waals surface area contributed by atoms with Crippen LogP contribution in [0.4, 0.5) is 8.78 Å². The second-order valence-electron chi connectivity index (χ2n) is 4.73. The van der Waals surface area contributed by atoms with E-state index >= 15 is 0 Å². The number of halogens is 2. The first-order valence-electron chi connectivity index (χ1n) is 6.06. The van der Waals surface area contributed by atoms with Gasteiger partial charge in [-0.2, -0.15) is 0 Å². The van der Waals surface area contributed by atoms with Crippen molar-refractivity contribution in [3.8, 4) is 0 Å². The molecule has 8 heteroatoms. The van der Waals surface area contributed by atoms with Gasteiger partial charge in [-0.25, -0.2) is 21.9 Å². The second-order valence-corrected chi connectivity index (χ2v) is 6.38. The lowest BCUT2D eigenvalue weighted by Gasteiger charge is -2.35. The van der Waals surface area contributed by atoms with Crippen molar-refractivity contribution < 1.29 is 27.0 Å². The molecule has 0 spiro atoms. The van der Waals surface area contributed by atoms with Crippen molar-refractivity contribution in [1.29, 1.82) is 0 Å². The van der Waals surface area contributed by atoms with Gasteiger partial charge in [0.1, 0.15) is 16.5 Å². The van der Waals surface area contributed by atoms with Crippen LogP contribution in [0.15, 0.2) is 23.1 Å². The predicted molar refractivity (Wildman–Crippen MR) is 66.5 cm³/mol. The van der Waals surface area contributed by atoms with Crippen LogP contribution in [0.25, 0.3) is 0 Å². The van der Waals surface area contributed by atoms with Crippen molar-refractivity contribution in [2.45, 2.75) is 23.3 Å². The summed E-state index contributed by atoms with van der Waals surface area (Å²) in [6.45, 7) is 0.135. The molecule has 1 saturated heterocycles. The number of hydrogen-bond donors (Lipinski definition) is 2. The van der Waals surface area contributed by atoms with E-state index in [1.807, 2.05) is 0 Å². The molecule has 0 saturated carbocycles. The first-order valence-corrected chi connectivity index (χ1v) is 7.54. The van der Waals surface area contributed by atoms with Gasteiger partial charge in [0, 0.05) is 13.2 Å². The lowest BCUT2D eigenvalue weighted by molar-refractivity contribution is 0.0222. The van der Waals surface area contributed by atoms with Crippen molar-refractivity contribution in [3.05, 3.63) is 29.8 Å². The first kappa shape index (κ1) is 15.3. The van der Waals surface area contributed by atoms with Gasteiger partial charge in [0.25, 0.3) is 0 Å². The number of aliphatic hydroxyl groups is 1. The fourth-order valence-electron chi connectivity index (χ4n) is 2.08. The van der Waals surface area contributed by atoms with Gasteiger partial charge in [-0.1, -0.05) is 0 Å². The molecule has 1 aromatic carbocycles. The summed E-state index contributed by atoms with van der Waals surface area (Å²) in [7, 11) is -4.26. The molecule has 20 heavy (non-hydrogen) atoms. The molecule has 0 aromatic heterocycles. The minimum atomic E-state index is -4.26. The predicted octanol–water partition coefficient (Wildman–Crippen LogP) is 0.785. The Balaban J connectivity index is 2.32. The molecular weight excluding hydrogens is 292 g/mol. The maximum atomic E-state index is 13.6. The lowest BCUT2D eigenvalue weighted by Crippen LogP contribution is -2.54. The van der Waals surface area contributed by atoms with Crippen LogP contribution in [0, 0.1) is 11.6 Å². The summed E-state index contributed by atoms with van der Waals surface area (Å²) in [5, 5.41) is 9.43. The summed E-state index contributed by atoms with van der Waals surface area (Å²) in [4.78, 5) is -0.767. The zero-order chi connectivity index (χ0) is 14.8. The van der Waals surface area contributed by atoms with E-state index in [1.165, 1.54) is 0 Å². The standard InChI is InChI=1S/C12H15F2NO4S/c13-9-1-2-10(14)11(7-9)20(17,18)15-12(8-16)3-5-19-6-4-12/h1-2,7,15-16H,3-6,8H2. The number of rotatable bonds is 4. The topological polar surface area (TPSA) is 75.6 Å². The van der Waals surface area contributed by atoms with Crippen LogP contribution in [-0.2, 0) is 14.8 Å². The van der Waals surface area contributed by atoms with E-state index in [1.54, 1.807) is 0 Å². The Kier molecular flexibility index (Phi) is 4.38. The van der Waals surface area contributed by atoms with Crippen molar-refractivity contribution in [2.24, 2.45) is 0 Å². The van der Waals surface area contributed by atoms with Gasteiger partial charge in [0.15, 0.2) is 0 Å². The molecule has 0 amide bonds. The number of aliphatic hydroxyl groups excluding tert-OH is 1. The van der Waals surface area contributed by atoms with Gasteiger partial charge in [-0.15, -0.1) is 0 Å². The van der Waals surface area contributed by atoms with Crippen LogP contribution in [0.1, 0.15) is 12.8 Å². The minimum absolute atomic E-state index is 0.264. The molecule has 2 N–H and O–H groups in total. The van der Waals surface area contributed by atoms with E-state index in [9.17, 15) is 22.3 Å². The van der Waals surface area contributed by atoms with Crippen LogP contribution < -0.4 is 4.72 Å². The third-order valence-electron chi connectivity index (χ3n) is 3.29. The fraction of sp³-hybridized carbons (Fsp3) is 0.500.